The molecule has 0 aliphatic heterocycles. The van der Waals surface area contributed by atoms with E-state index in [1.165, 1.54) is 27.2 Å². The minimum absolute atomic E-state index is 0.00782. The summed E-state index contributed by atoms with van der Waals surface area (Å²) in [5.41, 5.74) is 0.295. The van der Waals surface area contributed by atoms with Gasteiger partial charge >= 0.3 is 0 Å². The van der Waals surface area contributed by atoms with Crippen LogP contribution < -0.4 is 9.47 Å². The molecule has 86 valence electrons. The fourth-order valence-electron chi connectivity index (χ4n) is 1.23. The van der Waals surface area contributed by atoms with Crippen LogP contribution in [0.1, 0.15) is 17.3 Å². The predicted octanol–water partition coefficient (Wildman–Crippen LogP) is 1.74. The molecule has 0 heterocycles. The van der Waals surface area contributed by atoms with Crippen molar-refractivity contribution in [1.29, 1.82) is 0 Å². The van der Waals surface area contributed by atoms with E-state index < -0.39 is 5.78 Å². The summed E-state index contributed by atoms with van der Waals surface area (Å²) in [5, 5.41) is 11.4. The van der Waals surface area contributed by atoms with Crippen LogP contribution in [0.25, 0.3) is 0 Å². The first kappa shape index (κ1) is 12.0. The van der Waals surface area contributed by atoms with Crippen LogP contribution in [0.3, 0.4) is 0 Å². The maximum Gasteiger partial charge on any atom is 0.214 e. The first-order valence-corrected chi connectivity index (χ1v) is 4.59. The Morgan fingerprint density at radius 2 is 2.00 bits per heavy atom. The highest BCUT2D eigenvalue weighted by atomic mass is 16.5. The Kier molecular flexibility index (Phi) is 3.88. The number of nitrogens with zero attached hydrogens (tertiary/aromatic N) is 1. The summed E-state index contributed by atoms with van der Waals surface area (Å²) >= 11 is 0. The van der Waals surface area contributed by atoms with E-state index in [2.05, 4.69) is 5.16 Å². The monoisotopic (exact) mass is 223 g/mol. The molecule has 0 saturated carbocycles. The van der Waals surface area contributed by atoms with E-state index in [1.807, 2.05) is 0 Å². The number of carbonyl (C=O) groups excluding carboxylic acids is 1. The SMILES string of the molecule is COc1ccc(OC)c(C(=O)/C(C)=N/O)c1. The molecular weight excluding hydrogens is 210 g/mol. The molecule has 0 unspecified atom stereocenters. The summed E-state index contributed by atoms with van der Waals surface area (Å²) in [5.74, 6) is 0.543. The van der Waals surface area contributed by atoms with Crippen LogP contribution in [-0.4, -0.2) is 30.9 Å². The van der Waals surface area contributed by atoms with Gasteiger partial charge in [-0.2, -0.15) is 0 Å². The van der Waals surface area contributed by atoms with Gasteiger partial charge in [-0.15, -0.1) is 0 Å². The zero-order chi connectivity index (χ0) is 12.1. The first-order valence-electron chi connectivity index (χ1n) is 4.59. The molecule has 0 aliphatic rings. The Bertz CT molecular complexity index is 426. The van der Waals surface area contributed by atoms with E-state index in [9.17, 15) is 4.79 Å². The molecule has 0 bridgehead atoms. The van der Waals surface area contributed by atoms with Crippen molar-refractivity contribution < 1.29 is 19.5 Å². The van der Waals surface area contributed by atoms with Crippen LogP contribution in [0.15, 0.2) is 23.4 Å². The molecule has 0 saturated heterocycles. The third-order valence-electron chi connectivity index (χ3n) is 2.13. The maximum absolute atomic E-state index is 11.8. The normalized spacial score (nSPS) is 11.1. The van der Waals surface area contributed by atoms with Crippen molar-refractivity contribution >= 4 is 11.5 Å². The minimum Gasteiger partial charge on any atom is -0.497 e. The van der Waals surface area contributed by atoms with Gasteiger partial charge in [-0.1, -0.05) is 5.16 Å². The molecule has 0 radical (unpaired) electrons. The molecule has 0 fully saturated rings. The van der Waals surface area contributed by atoms with Crippen LogP contribution in [0.5, 0.6) is 11.5 Å². The molecule has 1 aromatic carbocycles. The van der Waals surface area contributed by atoms with E-state index >= 15 is 0 Å². The van der Waals surface area contributed by atoms with Crippen molar-refractivity contribution in [1.82, 2.24) is 0 Å². The number of hydrogen-bond acceptors (Lipinski definition) is 5. The van der Waals surface area contributed by atoms with Crippen molar-refractivity contribution in [2.24, 2.45) is 5.16 Å². The van der Waals surface area contributed by atoms with E-state index in [0.29, 0.717) is 17.1 Å². The van der Waals surface area contributed by atoms with Crippen molar-refractivity contribution in [3.05, 3.63) is 23.8 Å². The van der Waals surface area contributed by atoms with E-state index in [1.54, 1.807) is 12.1 Å². The van der Waals surface area contributed by atoms with Gasteiger partial charge in [0.2, 0.25) is 5.78 Å². The smallest absolute Gasteiger partial charge is 0.214 e. The highest BCUT2D eigenvalue weighted by molar-refractivity contribution is 6.45. The summed E-state index contributed by atoms with van der Waals surface area (Å²) in [7, 11) is 2.97. The predicted molar refractivity (Wildman–Crippen MR) is 58.8 cm³/mol. The highest BCUT2D eigenvalue weighted by Gasteiger charge is 2.16. The number of rotatable bonds is 4. The molecule has 0 atom stereocenters. The number of hydrogen-bond donors (Lipinski definition) is 1. The van der Waals surface area contributed by atoms with E-state index in [4.69, 9.17) is 14.7 Å². The third kappa shape index (κ3) is 2.31. The van der Waals surface area contributed by atoms with Gasteiger partial charge in [0.25, 0.3) is 0 Å². The van der Waals surface area contributed by atoms with Crippen LogP contribution in [0.2, 0.25) is 0 Å². The Hall–Kier alpha value is -2.04. The summed E-state index contributed by atoms with van der Waals surface area (Å²) in [6.07, 6.45) is 0. The number of methoxy groups -OCH3 is 2. The molecule has 1 aromatic rings. The number of ketones is 1. The van der Waals surface area contributed by atoms with Crippen LogP contribution in [0.4, 0.5) is 0 Å². The lowest BCUT2D eigenvalue weighted by Gasteiger charge is -2.08. The van der Waals surface area contributed by atoms with Crippen LogP contribution >= 0.6 is 0 Å². The number of benzene rings is 1. The highest BCUT2D eigenvalue weighted by Crippen LogP contribution is 2.24. The van der Waals surface area contributed by atoms with Gasteiger partial charge in [-0.25, -0.2) is 0 Å². The van der Waals surface area contributed by atoms with Gasteiger partial charge in [-0.3, -0.25) is 4.79 Å². The lowest BCUT2D eigenvalue weighted by Crippen LogP contribution is -2.12. The summed E-state index contributed by atoms with van der Waals surface area (Å²) in [4.78, 5) is 11.8. The van der Waals surface area contributed by atoms with Crippen molar-refractivity contribution in [2.75, 3.05) is 14.2 Å². The molecule has 1 rings (SSSR count). The number of carbonyl (C=O) groups is 1. The van der Waals surface area contributed by atoms with Gasteiger partial charge < -0.3 is 14.7 Å². The second-order valence-corrected chi connectivity index (χ2v) is 3.08. The topological polar surface area (TPSA) is 68.1 Å². The van der Waals surface area contributed by atoms with Crippen LogP contribution in [-0.2, 0) is 0 Å². The summed E-state index contributed by atoms with van der Waals surface area (Å²) in [6.45, 7) is 1.42. The fourth-order valence-corrected chi connectivity index (χ4v) is 1.23. The summed E-state index contributed by atoms with van der Waals surface area (Å²) < 4.78 is 10.1. The summed E-state index contributed by atoms with van der Waals surface area (Å²) in [6, 6.07) is 4.84. The molecule has 0 aromatic heterocycles. The van der Waals surface area contributed by atoms with Crippen molar-refractivity contribution in [3.8, 4) is 11.5 Å². The van der Waals surface area contributed by atoms with Crippen molar-refractivity contribution in [3.63, 3.8) is 0 Å². The maximum atomic E-state index is 11.8. The van der Waals surface area contributed by atoms with Gasteiger partial charge in [0, 0.05) is 0 Å². The molecule has 1 N–H and O–H groups in total. The Morgan fingerprint density at radius 1 is 1.31 bits per heavy atom. The third-order valence-corrected chi connectivity index (χ3v) is 2.13. The van der Waals surface area contributed by atoms with Crippen molar-refractivity contribution in [2.45, 2.75) is 6.92 Å². The minimum atomic E-state index is -0.404. The van der Waals surface area contributed by atoms with Gasteiger partial charge in [0.05, 0.1) is 19.8 Å². The Labute approximate surface area is 93.3 Å². The Balaban J connectivity index is 3.23. The van der Waals surface area contributed by atoms with Gasteiger partial charge in [-0.05, 0) is 25.1 Å². The van der Waals surface area contributed by atoms with E-state index in [0.717, 1.165) is 0 Å². The molecule has 5 heteroatoms. The average Bonchev–Trinajstić information content (AvgIpc) is 2.35. The molecule has 0 amide bonds. The average molecular weight is 223 g/mol. The first-order chi connectivity index (χ1) is 7.63. The zero-order valence-corrected chi connectivity index (χ0v) is 9.35. The number of oxime groups is 1. The van der Waals surface area contributed by atoms with Gasteiger partial charge in [0.15, 0.2) is 0 Å². The van der Waals surface area contributed by atoms with E-state index in [-0.39, 0.29) is 5.71 Å². The molecule has 16 heavy (non-hydrogen) atoms. The number of Topliss-reactive ketones (excluding diaryl/α,β-unsaturated/α-hetero) is 1. The lowest BCUT2D eigenvalue weighted by atomic mass is 10.1. The Morgan fingerprint density at radius 3 is 2.50 bits per heavy atom. The molecule has 5 nitrogen and oxygen atoms in total. The molecule has 0 aliphatic carbocycles. The second kappa shape index (κ2) is 5.16. The number of ether oxygens (including phenoxy) is 2. The fraction of sp³-hybridized carbons (Fsp3) is 0.273. The molecular formula is C11H13NO4. The largest absolute Gasteiger partial charge is 0.497 e. The molecule has 0 spiro atoms. The lowest BCUT2D eigenvalue weighted by molar-refractivity contribution is 0.105. The zero-order valence-electron chi connectivity index (χ0n) is 9.35. The second-order valence-electron chi connectivity index (χ2n) is 3.08. The van der Waals surface area contributed by atoms with Crippen LogP contribution in [0, 0.1) is 0 Å². The van der Waals surface area contributed by atoms with Gasteiger partial charge in [0.1, 0.15) is 17.2 Å². The quantitative estimate of drug-likeness (QED) is 0.365. The standard InChI is InChI=1S/C11H13NO4/c1-7(12-14)11(13)9-6-8(15-2)4-5-10(9)16-3/h4-6,14H,1-3H3/b12-7+.